The predicted octanol–water partition coefficient (Wildman–Crippen LogP) is 3.98. The lowest BCUT2D eigenvalue weighted by Gasteiger charge is -1.95. The van der Waals surface area contributed by atoms with Gasteiger partial charge in [-0.3, -0.25) is 0 Å². The van der Waals surface area contributed by atoms with Crippen molar-refractivity contribution in [1.82, 2.24) is 0 Å². The van der Waals surface area contributed by atoms with Gasteiger partial charge in [0.15, 0.2) is 0 Å². The standard InChI is InChI=1S/C9H7BrClNS/c10-8-1-5(12)2-9-7(8)3-6(4-11)13-9/h1-3H,4,12H2. The Morgan fingerprint density at radius 2 is 2.15 bits per heavy atom. The zero-order chi connectivity index (χ0) is 9.42. The highest BCUT2D eigenvalue weighted by atomic mass is 79.9. The van der Waals surface area contributed by atoms with Crippen molar-refractivity contribution in [2.45, 2.75) is 5.88 Å². The molecule has 0 amide bonds. The second-order valence-corrected chi connectivity index (χ2v) is 5.05. The van der Waals surface area contributed by atoms with Crippen molar-refractivity contribution in [2.24, 2.45) is 0 Å². The molecule has 4 heteroatoms. The van der Waals surface area contributed by atoms with Gasteiger partial charge < -0.3 is 5.73 Å². The molecule has 2 N–H and O–H groups in total. The maximum Gasteiger partial charge on any atom is 0.0568 e. The zero-order valence-electron chi connectivity index (χ0n) is 6.68. The number of nitrogen functional groups attached to an aromatic ring is 1. The third kappa shape index (κ3) is 1.68. The van der Waals surface area contributed by atoms with Crippen molar-refractivity contribution in [3.05, 3.63) is 27.5 Å². The molecule has 68 valence electrons. The smallest absolute Gasteiger partial charge is 0.0568 e. The van der Waals surface area contributed by atoms with E-state index >= 15 is 0 Å². The summed E-state index contributed by atoms with van der Waals surface area (Å²) in [6.45, 7) is 0. The van der Waals surface area contributed by atoms with E-state index in [9.17, 15) is 0 Å². The molecule has 0 saturated heterocycles. The third-order valence-electron chi connectivity index (χ3n) is 1.79. The molecule has 0 aliphatic heterocycles. The normalized spacial score (nSPS) is 10.9. The molecule has 0 aliphatic carbocycles. The first-order chi connectivity index (χ1) is 6.20. The fourth-order valence-corrected chi connectivity index (χ4v) is 3.19. The van der Waals surface area contributed by atoms with Crippen molar-refractivity contribution in [3.63, 3.8) is 0 Å². The van der Waals surface area contributed by atoms with Gasteiger partial charge in [-0.05, 0) is 18.2 Å². The number of halogens is 2. The van der Waals surface area contributed by atoms with Crippen molar-refractivity contribution < 1.29 is 0 Å². The Morgan fingerprint density at radius 1 is 1.38 bits per heavy atom. The number of nitrogens with two attached hydrogens (primary N) is 1. The van der Waals surface area contributed by atoms with Crippen molar-refractivity contribution in [1.29, 1.82) is 0 Å². The summed E-state index contributed by atoms with van der Waals surface area (Å²) in [5.74, 6) is 0.561. The molecule has 1 aromatic heterocycles. The van der Waals surface area contributed by atoms with Crippen LogP contribution < -0.4 is 5.73 Å². The Labute approximate surface area is 93.6 Å². The minimum Gasteiger partial charge on any atom is -0.399 e. The fourth-order valence-electron chi connectivity index (χ4n) is 1.23. The fraction of sp³-hybridized carbons (Fsp3) is 0.111. The quantitative estimate of drug-likeness (QED) is 0.619. The minimum atomic E-state index is 0.561. The Bertz CT molecular complexity index is 452. The molecule has 0 unspecified atom stereocenters. The van der Waals surface area contributed by atoms with Gasteiger partial charge in [-0.15, -0.1) is 22.9 Å². The molecule has 1 aromatic carbocycles. The Kier molecular flexibility index (Phi) is 2.49. The molecule has 0 fully saturated rings. The van der Waals surface area contributed by atoms with E-state index in [0.717, 1.165) is 10.2 Å². The van der Waals surface area contributed by atoms with Gasteiger partial charge in [0.05, 0.1) is 5.88 Å². The summed E-state index contributed by atoms with van der Waals surface area (Å²) in [5, 5.41) is 1.19. The van der Waals surface area contributed by atoms with Gasteiger partial charge >= 0.3 is 0 Å². The highest BCUT2D eigenvalue weighted by Crippen LogP contribution is 2.34. The zero-order valence-corrected chi connectivity index (χ0v) is 9.84. The maximum atomic E-state index is 5.75. The molecule has 13 heavy (non-hydrogen) atoms. The van der Waals surface area contributed by atoms with E-state index in [0.29, 0.717) is 5.88 Å². The van der Waals surface area contributed by atoms with Crippen LogP contribution in [0.2, 0.25) is 0 Å². The summed E-state index contributed by atoms with van der Waals surface area (Å²) >= 11 is 10.9. The molecular weight excluding hydrogens is 270 g/mol. The second-order valence-electron chi connectivity index (χ2n) is 2.76. The summed E-state index contributed by atoms with van der Waals surface area (Å²) in [6, 6.07) is 5.98. The summed E-state index contributed by atoms with van der Waals surface area (Å²) in [7, 11) is 0. The number of anilines is 1. The lowest BCUT2D eigenvalue weighted by atomic mass is 10.2. The van der Waals surface area contributed by atoms with E-state index in [1.54, 1.807) is 11.3 Å². The van der Waals surface area contributed by atoms with Crippen LogP contribution in [0.4, 0.5) is 5.69 Å². The summed E-state index contributed by atoms with van der Waals surface area (Å²) in [5.41, 5.74) is 6.50. The number of hydrogen-bond acceptors (Lipinski definition) is 2. The molecule has 0 saturated carbocycles. The van der Waals surface area contributed by atoms with E-state index in [2.05, 4.69) is 22.0 Å². The molecule has 2 aromatic rings. The van der Waals surface area contributed by atoms with Crippen molar-refractivity contribution >= 4 is 54.6 Å². The van der Waals surface area contributed by atoms with Crippen LogP contribution in [-0.2, 0) is 5.88 Å². The van der Waals surface area contributed by atoms with Crippen molar-refractivity contribution in [3.8, 4) is 0 Å². The van der Waals surface area contributed by atoms with Gasteiger partial charge in [0.1, 0.15) is 0 Å². The Balaban J connectivity index is 2.75. The molecule has 0 atom stereocenters. The van der Waals surface area contributed by atoms with Crippen molar-refractivity contribution in [2.75, 3.05) is 5.73 Å². The molecular formula is C9H7BrClNS. The monoisotopic (exact) mass is 275 g/mol. The summed E-state index contributed by atoms with van der Waals surface area (Å²) < 4.78 is 2.22. The van der Waals surface area contributed by atoms with Crippen LogP contribution in [0.25, 0.3) is 10.1 Å². The number of benzene rings is 1. The first-order valence-corrected chi connectivity index (χ1v) is 5.88. The molecule has 1 heterocycles. The van der Waals surface area contributed by atoms with Crippen LogP contribution in [0.5, 0.6) is 0 Å². The number of thiophene rings is 1. The van der Waals surface area contributed by atoms with Gasteiger partial charge in [0.25, 0.3) is 0 Å². The minimum absolute atomic E-state index is 0.561. The van der Waals surface area contributed by atoms with Gasteiger partial charge in [-0.2, -0.15) is 0 Å². The van der Waals surface area contributed by atoms with E-state index < -0.39 is 0 Å². The largest absolute Gasteiger partial charge is 0.399 e. The molecule has 1 nitrogen and oxygen atoms in total. The molecule has 0 bridgehead atoms. The first-order valence-electron chi connectivity index (χ1n) is 3.74. The highest BCUT2D eigenvalue weighted by Gasteiger charge is 2.04. The molecule has 0 aliphatic rings. The SMILES string of the molecule is Nc1cc(Br)c2cc(CCl)sc2c1. The third-order valence-corrected chi connectivity index (χ3v) is 3.98. The predicted molar refractivity (Wildman–Crippen MR) is 63.5 cm³/mol. The van der Waals surface area contributed by atoms with Crippen LogP contribution >= 0.6 is 38.9 Å². The number of rotatable bonds is 1. The van der Waals surface area contributed by atoms with Gasteiger partial charge in [0.2, 0.25) is 0 Å². The Hall–Kier alpha value is -0.250. The van der Waals surface area contributed by atoms with Crippen LogP contribution in [0.1, 0.15) is 4.88 Å². The highest BCUT2D eigenvalue weighted by molar-refractivity contribution is 9.10. The van der Waals surface area contributed by atoms with E-state index in [1.807, 2.05) is 12.1 Å². The lowest BCUT2D eigenvalue weighted by Crippen LogP contribution is -1.82. The van der Waals surface area contributed by atoms with Gasteiger partial charge in [-0.25, -0.2) is 0 Å². The van der Waals surface area contributed by atoms with Crippen LogP contribution in [0.15, 0.2) is 22.7 Å². The first kappa shape index (κ1) is 9.31. The Morgan fingerprint density at radius 3 is 2.85 bits per heavy atom. The topological polar surface area (TPSA) is 26.0 Å². The van der Waals surface area contributed by atoms with Gasteiger partial charge in [-0.1, -0.05) is 15.9 Å². The van der Waals surface area contributed by atoms with Crippen LogP contribution in [-0.4, -0.2) is 0 Å². The van der Waals surface area contributed by atoms with E-state index in [-0.39, 0.29) is 0 Å². The van der Waals surface area contributed by atoms with Gasteiger partial charge in [0, 0.05) is 25.1 Å². The average molecular weight is 277 g/mol. The lowest BCUT2D eigenvalue weighted by molar-refractivity contribution is 1.54. The molecule has 0 radical (unpaired) electrons. The number of hydrogen-bond donors (Lipinski definition) is 1. The summed E-state index contributed by atoms with van der Waals surface area (Å²) in [6.07, 6.45) is 0. The molecule has 2 rings (SSSR count). The van der Waals surface area contributed by atoms with E-state index in [4.69, 9.17) is 17.3 Å². The van der Waals surface area contributed by atoms with E-state index in [1.165, 1.54) is 15.0 Å². The summed E-state index contributed by atoms with van der Waals surface area (Å²) in [4.78, 5) is 1.17. The number of fused-ring (bicyclic) bond motifs is 1. The molecule has 0 spiro atoms. The maximum absolute atomic E-state index is 5.75. The van der Waals surface area contributed by atoms with Crippen LogP contribution in [0, 0.1) is 0 Å². The van der Waals surface area contributed by atoms with Crippen LogP contribution in [0.3, 0.4) is 0 Å². The average Bonchev–Trinajstić information content (AvgIpc) is 2.47. The number of alkyl halides is 1. The second kappa shape index (κ2) is 3.48.